The molecule has 2 aromatic rings. The molecule has 0 heterocycles. The van der Waals surface area contributed by atoms with E-state index in [9.17, 15) is 4.79 Å². The lowest BCUT2D eigenvalue weighted by molar-refractivity contribution is 0.0796. The number of amides is 1. The number of carbonyl (C=O) groups is 1. The highest BCUT2D eigenvalue weighted by molar-refractivity contribution is 5.95. The maximum atomic E-state index is 12.4. The van der Waals surface area contributed by atoms with Crippen molar-refractivity contribution in [3.05, 3.63) is 65.2 Å². The van der Waals surface area contributed by atoms with Gasteiger partial charge in [0.1, 0.15) is 0 Å². The Kier molecular flexibility index (Phi) is 4.41. The maximum absolute atomic E-state index is 12.4. The largest absolute Gasteiger partial charge is 0.399 e. The van der Waals surface area contributed by atoms with Gasteiger partial charge in [0.05, 0.1) is 0 Å². The van der Waals surface area contributed by atoms with E-state index in [1.54, 1.807) is 17.0 Å². The third-order valence-corrected chi connectivity index (χ3v) is 3.41. The fourth-order valence-corrected chi connectivity index (χ4v) is 2.18. The number of nitrogens with zero attached hydrogens (tertiary/aromatic N) is 1. The minimum atomic E-state index is 0.0402. The van der Waals surface area contributed by atoms with Crippen molar-refractivity contribution in [3.8, 4) is 0 Å². The Morgan fingerprint density at radius 3 is 2.50 bits per heavy atom. The number of aryl methyl sites for hydroxylation is 1. The second-order valence-corrected chi connectivity index (χ2v) is 5.04. The van der Waals surface area contributed by atoms with Gasteiger partial charge in [-0.3, -0.25) is 4.79 Å². The van der Waals surface area contributed by atoms with Crippen LogP contribution in [-0.2, 0) is 6.42 Å². The first-order chi connectivity index (χ1) is 9.58. The number of nitrogen functional groups attached to an aromatic ring is 1. The molecule has 2 N–H and O–H groups in total. The van der Waals surface area contributed by atoms with Crippen molar-refractivity contribution in [1.82, 2.24) is 4.90 Å². The molecule has 2 rings (SSSR count). The molecule has 0 unspecified atom stereocenters. The van der Waals surface area contributed by atoms with Crippen LogP contribution in [-0.4, -0.2) is 24.4 Å². The molecule has 0 aliphatic carbocycles. The number of benzene rings is 2. The number of nitrogens with two attached hydrogens (primary N) is 1. The molecule has 0 aliphatic heterocycles. The van der Waals surface area contributed by atoms with Crippen LogP contribution in [0, 0.1) is 6.92 Å². The maximum Gasteiger partial charge on any atom is 0.253 e. The third kappa shape index (κ3) is 3.38. The van der Waals surface area contributed by atoms with Gasteiger partial charge in [-0.25, -0.2) is 0 Å². The van der Waals surface area contributed by atoms with Gasteiger partial charge >= 0.3 is 0 Å². The minimum absolute atomic E-state index is 0.0402. The molecule has 0 spiro atoms. The Balaban J connectivity index is 2.01. The first-order valence-electron chi connectivity index (χ1n) is 6.73. The molecular weight excluding hydrogens is 248 g/mol. The topological polar surface area (TPSA) is 46.3 Å². The second-order valence-electron chi connectivity index (χ2n) is 5.04. The van der Waals surface area contributed by atoms with E-state index in [-0.39, 0.29) is 5.91 Å². The van der Waals surface area contributed by atoms with Crippen molar-refractivity contribution in [3.63, 3.8) is 0 Å². The van der Waals surface area contributed by atoms with Gasteiger partial charge < -0.3 is 10.6 Å². The van der Waals surface area contributed by atoms with Crippen LogP contribution >= 0.6 is 0 Å². The van der Waals surface area contributed by atoms with Crippen molar-refractivity contribution >= 4 is 11.6 Å². The van der Waals surface area contributed by atoms with Crippen LogP contribution in [0.15, 0.2) is 48.5 Å². The van der Waals surface area contributed by atoms with E-state index in [2.05, 4.69) is 12.1 Å². The summed E-state index contributed by atoms with van der Waals surface area (Å²) in [6.45, 7) is 2.61. The summed E-state index contributed by atoms with van der Waals surface area (Å²) in [6, 6.07) is 15.6. The van der Waals surface area contributed by atoms with Gasteiger partial charge in [-0.15, -0.1) is 0 Å². The van der Waals surface area contributed by atoms with Crippen LogP contribution < -0.4 is 5.73 Å². The predicted molar refractivity (Wildman–Crippen MR) is 82.7 cm³/mol. The number of hydrogen-bond donors (Lipinski definition) is 1. The third-order valence-electron chi connectivity index (χ3n) is 3.41. The van der Waals surface area contributed by atoms with E-state index in [1.165, 1.54) is 5.56 Å². The molecule has 2 aromatic carbocycles. The molecular formula is C17H20N2O. The first-order valence-corrected chi connectivity index (χ1v) is 6.73. The first kappa shape index (κ1) is 14.1. The van der Waals surface area contributed by atoms with Gasteiger partial charge in [0, 0.05) is 24.8 Å². The van der Waals surface area contributed by atoms with E-state index in [0.29, 0.717) is 12.2 Å². The highest BCUT2D eigenvalue weighted by Gasteiger charge is 2.13. The molecule has 0 saturated carbocycles. The average molecular weight is 268 g/mol. The van der Waals surface area contributed by atoms with Crippen molar-refractivity contribution in [2.45, 2.75) is 13.3 Å². The highest BCUT2D eigenvalue weighted by Crippen LogP contribution is 2.14. The Bertz CT molecular complexity index is 593. The number of likely N-dealkylation sites (N-methyl/N-ethyl adjacent to an activating group) is 1. The van der Waals surface area contributed by atoms with Gasteiger partial charge in [0.2, 0.25) is 0 Å². The number of anilines is 1. The Morgan fingerprint density at radius 1 is 1.15 bits per heavy atom. The fraction of sp³-hybridized carbons (Fsp3) is 0.235. The van der Waals surface area contributed by atoms with E-state index in [4.69, 9.17) is 5.73 Å². The average Bonchev–Trinajstić information content (AvgIpc) is 2.45. The van der Waals surface area contributed by atoms with Crippen molar-refractivity contribution in [1.29, 1.82) is 0 Å². The van der Waals surface area contributed by atoms with Crippen LogP contribution in [0.1, 0.15) is 21.5 Å². The van der Waals surface area contributed by atoms with Gasteiger partial charge in [-0.1, -0.05) is 30.3 Å². The summed E-state index contributed by atoms with van der Waals surface area (Å²) in [5, 5.41) is 0. The van der Waals surface area contributed by atoms with Crippen molar-refractivity contribution in [2.75, 3.05) is 19.3 Å². The lowest BCUT2D eigenvalue weighted by Gasteiger charge is -2.18. The van der Waals surface area contributed by atoms with Crippen LogP contribution in [0.5, 0.6) is 0 Å². The monoisotopic (exact) mass is 268 g/mol. The summed E-state index contributed by atoms with van der Waals surface area (Å²) in [4.78, 5) is 14.1. The quantitative estimate of drug-likeness (QED) is 0.867. The van der Waals surface area contributed by atoms with E-state index < -0.39 is 0 Å². The molecule has 104 valence electrons. The summed E-state index contributed by atoms with van der Waals surface area (Å²) >= 11 is 0. The molecule has 0 aliphatic rings. The standard InChI is InChI=1S/C17H20N2O/c1-13-12-15(18)8-9-16(13)17(20)19(2)11-10-14-6-4-3-5-7-14/h3-9,12H,10-11,18H2,1-2H3. The Morgan fingerprint density at radius 2 is 1.85 bits per heavy atom. The molecule has 3 heteroatoms. The molecule has 1 amide bonds. The number of rotatable bonds is 4. The van der Waals surface area contributed by atoms with Crippen molar-refractivity contribution in [2.24, 2.45) is 0 Å². The van der Waals surface area contributed by atoms with E-state index >= 15 is 0 Å². The lowest BCUT2D eigenvalue weighted by Crippen LogP contribution is -2.29. The summed E-state index contributed by atoms with van der Waals surface area (Å²) in [6.07, 6.45) is 0.858. The van der Waals surface area contributed by atoms with Crippen LogP contribution in [0.4, 0.5) is 5.69 Å². The molecule has 0 radical (unpaired) electrons. The number of carbonyl (C=O) groups excluding carboxylic acids is 1. The zero-order chi connectivity index (χ0) is 14.5. The Labute approximate surface area is 120 Å². The predicted octanol–water partition coefficient (Wildman–Crippen LogP) is 2.89. The van der Waals surface area contributed by atoms with Gasteiger partial charge in [-0.2, -0.15) is 0 Å². The van der Waals surface area contributed by atoms with E-state index in [1.807, 2.05) is 38.2 Å². The summed E-state index contributed by atoms with van der Waals surface area (Å²) < 4.78 is 0. The SMILES string of the molecule is Cc1cc(N)ccc1C(=O)N(C)CCc1ccccc1. The molecule has 3 nitrogen and oxygen atoms in total. The zero-order valence-corrected chi connectivity index (χ0v) is 12.0. The fourth-order valence-electron chi connectivity index (χ4n) is 2.18. The van der Waals surface area contributed by atoms with E-state index in [0.717, 1.165) is 17.5 Å². The van der Waals surface area contributed by atoms with Crippen LogP contribution in [0.3, 0.4) is 0 Å². The molecule has 0 bridgehead atoms. The molecule has 0 fully saturated rings. The smallest absolute Gasteiger partial charge is 0.253 e. The molecule has 0 aromatic heterocycles. The second kappa shape index (κ2) is 6.24. The van der Waals surface area contributed by atoms with Crippen molar-refractivity contribution < 1.29 is 4.79 Å². The van der Waals surface area contributed by atoms with Crippen LogP contribution in [0.25, 0.3) is 0 Å². The molecule has 20 heavy (non-hydrogen) atoms. The summed E-state index contributed by atoms with van der Waals surface area (Å²) in [5.74, 6) is 0.0402. The van der Waals surface area contributed by atoms with Gasteiger partial charge in [0.15, 0.2) is 0 Å². The minimum Gasteiger partial charge on any atom is -0.399 e. The van der Waals surface area contributed by atoms with Gasteiger partial charge in [0.25, 0.3) is 5.91 Å². The normalized spacial score (nSPS) is 10.3. The van der Waals surface area contributed by atoms with Crippen LogP contribution in [0.2, 0.25) is 0 Å². The molecule has 0 saturated heterocycles. The number of hydrogen-bond acceptors (Lipinski definition) is 2. The zero-order valence-electron chi connectivity index (χ0n) is 12.0. The lowest BCUT2D eigenvalue weighted by atomic mass is 10.1. The van der Waals surface area contributed by atoms with Gasteiger partial charge in [-0.05, 0) is 42.7 Å². The highest BCUT2D eigenvalue weighted by atomic mass is 16.2. The molecule has 0 atom stereocenters. The Hall–Kier alpha value is -2.29. The summed E-state index contributed by atoms with van der Waals surface area (Å²) in [7, 11) is 1.83. The summed E-state index contributed by atoms with van der Waals surface area (Å²) in [5.41, 5.74) is 9.27.